The highest BCUT2D eigenvalue weighted by molar-refractivity contribution is 7.89. The van der Waals surface area contributed by atoms with Crippen LogP contribution < -0.4 is 5.32 Å². The lowest BCUT2D eigenvalue weighted by Crippen LogP contribution is -2.33. The number of nitrogens with one attached hydrogen (secondary N) is 1. The van der Waals surface area contributed by atoms with Crippen molar-refractivity contribution in [1.82, 2.24) is 19.2 Å². The largest absolute Gasteiger partial charge is 0.348 e. The summed E-state index contributed by atoms with van der Waals surface area (Å²) in [6, 6.07) is 8.21. The van der Waals surface area contributed by atoms with Crippen molar-refractivity contribution in [2.75, 3.05) is 13.1 Å². The highest BCUT2D eigenvalue weighted by atomic mass is 32.2. The quantitative estimate of drug-likeness (QED) is 0.847. The Labute approximate surface area is 159 Å². The van der Waals surface area contributed by atoms with Gasteiger partial charge in [-0.15, -0.1) is 0 Å². The Morgan fingerprint density at radius 3 is 2.78 bits per heavy atom. The summed E-state index contributed by atoms with van der Waals surface area (Å²) in [5, 5.41) is 3.09. The van der Waals surface area contributed by atoms with Crippen LogP contribution in [-0.4, -0.2) is 41.3 Å². The van der Waals surface area contributed by atoms with E-state index in [2.05, 4.69) is 22.4 Å². The first kappa shape index (κ1) is 18.2. The van der Waals surface area contributed by atoms with E-state index in [9.17, 15) is 13.2 Å². The van der Waals surface area contributed by atoms with Gasteiger partial charge in [0.2, 0.25) is 5.91 Å². The minimum Gasteiger partial charge on any atom is -0.348 e. The number of sulfonamides is 1. The third-order valence-electron chi connectivity index (χ3n) is 5.31. The number of amides is 1. The Morgan fingerprint density at radius 2 is 1.96 bits per heavy atom. The molecule has 7 nitrogen and oxygen atoms in total. The Morgan fingerprint density at radius 1 is 1.19 bits per heavy atom. The highest BCUT2D eigenvalue weighted by Gasteiger charge is 2.29. The number of carbonyl (C=O) groups excluding carboxylic acids is 1. The fraction of sp³-hybridized carbons (Fsp3) is 0.474. The lowest BCUT2D eigenvalue weighted by Gasteiger charge is -2.26. The van der Waals surface area contributed by atoms with E-state index in [4.69, 9.17) is 0 Å². The van der Waals surface area contributed by atoms with Crippen molar-refractivity contribution in [3.05, 3.63) is 47.9 Å². The summed E-state index contributed by atoms with van der Waals surface area (Å²) >= 11 is 0. The molecule has 2 heterocycles. The maximum absolute atomic E-state index is 12.5. The summed E-state index contributed by atoms with van der Waals surface area (Å²) in [7, 11) is -3.55. The zero-order valence-electron chi connectivity index (χ0n) is 15.2. The monoisotopic (exact) mass is 388 g/mol. The molecule has 1 amide bonds. The molecular formula is C19H24N4O3S. The van der Waals surface area contributed by atoms with E-state index < -0.39 is 10.0 Å². The predicted octanol–water partition coefficient (Wildman–Crippen LogP) is 1.86. The van der Waals surface area contributed by atoms with Crippen LogP contribution in [0.2, 0.25) is 0 Å². The van der Waals surface area contributed by atoms with Gasteiger partial charge in [0.05, 0.1) is 12.4 Å². The molecule has 2 aliphatic rings. The molecule has 4 rings (SSSR count). The second-order valence-corrected chi connectivity index (χ2v) is 9.09. The molecule has 1 aromatic heterocycles. The Balaban J connectivity index is 1.42. The maximum Gasteiger partial charge on any atom is 0.262 e. The first-order chi connectivity index (χ1) is 13.0. The smallest absolute Gasteiger partial charge is 0.262 e. The molecule has 144 valence electrons. The molecule has 0 radical (unpaired) electrons. The summed E-state index contributed by atoms with van der Waals surface area (Å²) in [4.78, 5) is 16.5. The summed E-state index contributed by atoms with van der Waals surface area (Å²) in [6.45, 7) is 1.13. The van der Waals surface area contributed by atoms with Crippen molar-refractivity contribution < 1.29 is 13.2 Å². The van der Waals surface area contributed by atoms with Crippen LogP contribution in [0, 0.1) is 0 Å². The van der Waals surface area contributed by atoms with Gasteiger partial charge in [-0.3, -0.25) is 4.79 Å². The first-order valence-electron chi connectivity index (χ1n) is 9.43. The molecule has 27 heavy (non-hydrogen) atoms. The molecule has 8 heteroatoms. The van der Waals surface area contributed by atoms with Gasteiger partial charge < -0.3 is 9.88 Å². The van der Waals surface area contributed by atoms with E-state index in [1.54, 1.807) is 0 Å². The average Bonchev–Trinajstić information content (AvgIpc) is 3.34. The molecule has 0 saturated carbocycles. The average molecular weight is 388 g/mol. The molecule has 1 N–H and O–H groups in total. The van der Waals surface area contributed by atoms with Gasteiger partial charge in [-0.1, -0.05) is 24.3 Å². The normalized spacial score (nSPS) is 20.4. The molecule has 1 aromatic carbocycles. The SMILES string of the molecule is O=C(Cn1cnc(S(=O)(=O)N2CCCC2)c1)N[C@@H]1CCCc2ccccc21. The highest BCUT2D eigenvalue weighted by Crippen LogP contribution is 2.29. The number of carbonyl (C=O) groups is 1. The zero-order valence-corrected chi connectivity index (χ0v) is 16.0. The van der Waals surface area contributed by atoms with Gasteiger partial charge in [-0.2, -0.15) is 4.31 Å². The molecule has 1 fully saturated rings. The minimum absolute atomic E-state index is 0.0128. The maximum atomic E-state index is 12.5. The standard InChI is InChI=1S/C19H24N4O3S/c24-18(21-17-9-5-7-15-6-1-2-8-16(15)17)12-22-13-19(20-14-22)27(25,26)23-10-3-4-11-23/h1-2,6,8,13-14,17H,3-5,7,9-12H2,(H,21,24)/t17-/m1/s1. The van der Waals surface area contributed by atoms with Crippen LogP contribution in [0.5, 0.6) is 0 Å². The first-order valence-corrected chi connectivity index (χ1v) is 10.9. The number of hydrogen-bond donors (Lipinski definition) is 1. The molecule has 0 bridgehead atoms. The Bertz CT molecular complexity index is 932. The van der Waals surface area contributed by atoms with E-state index in [1.165, 1.54) is 32.5 Å². The van der Waals surface area contributed by atoms with Crippen molar-refractivity contribution in [3.8, 4) is 0 Å². The molecule has 0 spiro atoms. The number of hydrogen-bond acceptors (Lipinski definition) is 4. The van der Waals surface area contributed by atoms with E-state index in [1.807, 2.05) is 12.1 Å². The number of fused-ring (bicyclic) bond motifs is 1. The number of aryl methyl sites for hydroxylation is 1. The van der Waals surface area contributed by atoms with E-state index in [0.29, 0.717) is 13.1 Å². The van der Waals surface area contributed by atoms with E-state index >= 15 is 0 Å². The molecular weight excluding hydrogens is 364 g/mol. The zero-order chi connectivity index (χ0) is 18.9. The molecule has 2 aromatic rings. The second kappa shape index (κ2) is 7.44. The number of rotatable bonds is 5. The molecule has 1 saturated heterocycles. The van der Waals surface area contributed by atoms with Crippen LogP contribution in [0.3, 0.4) is 0 Å². The van der Waals surface area contributed by atoms with Crippen molar-refractivity contribution in [2.45, 2.75) is 49.7 Å². The predicted molar refractivity (Wildman–Crippen MR) is 100 cm³/mol. The van der Waals surface area contributed by atoms with Crippen LogP contribution in [0.15, 0.2) is 41.8 Å². The van der Waals surface area contributed by atoms with Gasteiger partial charge in [-0.25, -0.2) is 13.4 Å². The lowest BCUT2D eigenvalue weighted by molar-refractivity contribution is -0.122. The van der Waals surface area contributed by atoms with Crippen molar-refractivity contribution in [2.24, 2.45) is 0 Å². The summed E-state index contributed by atoms with van der Waals surface area (Å²) in [5.74, 6) is -0.140. The third-order valence-corrected chi connectivity index (χ3v) is 7.09. The second-order valence-electron chi connectivity index (χ2n) is 7.21. The van der Waals surface area contributed by atoms with Gasteiger partial charge in [-0.05, 0) is 43.2 Å². The Kier molecular flexibility index (Phi) is 5.01. The Hall–Kier alpha value is -2.19. The van der Waals surface area contributed by atoms with Gasteiger partial charge in [0.25, 0.3) is 10.0 Å². The van der Waals surface area contributed by atoms with Crippen LogP contribution in [0.1, 0.15) is 42.9 Å². The van der Waals surface area contributed by atoms with Crippen molar-refractivity contribution >= 4 is 15.9 Å². The lowest BCUT2D eigenvalue weighted by atomic mass is 9.88. The molecule has 1 aliphatic heterocycles. The number of aromatic nitrogens is 2. The fourth-order valence-corrected chi connectivity index (χ4v) is 5.38. The van der Waals surface area contributed by atoms with Crippen LogP contribution in [-0.2, 0) is 27.8 Å². The van der Waals surface area contributed by atoms with Crippen LogP contribution in [0.4, 0.5) is 0 Å². The molecule has 1 aliphatic carbocycles. The van der Waals surface area contributed by atoms with Crippen molar-refractivity contribution in [3.63, 3.8) is 0 Å². The van der Waals surface area contributed by atoms with Gasteiger partial charge >= 0.3 is 0 Å². The summed E-state index contributed by atoms with van der Waals surface area (Å²) in [5.41, 5.74) is 2.47. The topological polar surface area (TPSA) is 84.3 Å². The third kappa shape index (κ3) is 3.77. The van der Waals surface area contributed by atoms with Crippen LogP contribution in [0.25, 0.3) is 0 Å². The molecule has 1 atom stereocenters. The number of nitrogens with zero attached hydrogens (tertiary/aromatic N) is 3. The molecule has 0 unspecified atom stereocenters. The van der Waals surface area contributed by atoms with Gasteiger partial charge in [0.1, 0.15) is 6.54 Å². The van der Waals surface area contributed by atoms with Gasteiger partial charge in [0.15, 0.2) is 5.03 Å². The van der Waals surface area contributed by atoms with Crippen molar-refractivity contribution in [1.29, 1.82) is 0 Å². The van der Waals surface area contributed by atoms with Crippen LogP contribution >= 0.6 is 0 Å². The van der Waals surface area contributed by atoms with E-state index in [0.717, 1.165) is 32.1 Å². The summed E-state index contributed by atoms with van der Waals surface area (Å²) < 4.78 is 28.1. The fourth-order valence-electron chi connectivity index (χ4n) is 3.93. The number of imidazole rings is 1. The summed E-state index contributed by atoms with van der Waals surface area (Å²) in [6.07, 6.45) is 7.63. The van der Waals surface area contributed by atoms with Gasteiger partial charge in [0, 0.05) is 19.3 Å². The minimum atomic E-state index is -3.55. The number of benzene rings is 1. The van der Waals surface area contributed by atoms with E-state index in [-0.39, 0.29) is 23.5 Å².